The highest BCUT2D eigenvalue weighted by molar-refractivity contribution is 5.81. The zero-order valence-electron chi connectivity index (χ0n) is 9.96. The number of para-hydroxylation sites is 1. The first-order chi connectivity index (χ1) is 7.64. The van der Waals surface area contributed by atoms with Crippen molar-refractivity contribution >= 4 is 11.7 Å². The SMILES string of the molecule is CC(C)(C)OC(=O)C(F)(F)c1ccccc1N. The van der Waals surface area contributed by atoms with Gasteiger partial charge in [-0.15, -0.1) is 0 Å². The van der Waals surface area contributed by atoms with Crippen molar-refractivity contribution in [1.82, 2.24) is 0 Å². The number of hydrogen-bond acceptors (Lipinski definition) is 3. The fourth-order valence-corrected chi connectivity index (χ4v) is 1.24. The van der Waals surface area contributed by atoms with Gasteiger partial charge in [0.15, 0.2) is 0 Å². The molecule has 1 aromatic carbocycles. The molecule has 0 atom stereocenters. The quantitative estimate of drug-likeness (QED) is 0.641. The van der Waals surface area contributed by atoms with Gasteiger partial charge in [0.05, 0.1) is 5.56 Å². The molecule has 94 valence electrons. The molecule has 0 spiro atoms. The lowest BCUT2D eigenvalue weighted by Gasteiger charge is -2.24. The third-order valence-corrected chi connectivity index (χ3v) is 1.95. The summed E-state index contributed by atoms with van der Waals surface area (Å²) in [5.41, 5.74) is 3.78. The number of alkyl halides is 2. The summed E-state index contributed by atoms with van der Waals surface area (Å²) < 4.78 is 32.2. The number of ether oxygens (including phenoxy) is 1. The Hall–Kier alpha value is -1.65. The lowest BCUT2D eigenvalue weighted by Crippen LogP contribution is -2.35. The number of rotatable bonds is 2. The summed E-state index contributed by atoms with van der Waals surface area (Å²) in [6.45, 7) is 4.57. The summed E-state index contributed by atoms with van der Waals surface area (Å²) in [5.74, 6) is -5.33. The minimum Gasteiger partial charge on any atom is -0.455 e. The first-order valence-electron chi connectivity index (χ1n) is 5.11. The van der Waals surface area contributed by atoms with Crippen molar-refractivity contribution in [3.63, 3.8) is 0 Å². The highest BCUT2D eigenvalue weighted by Crippen LogP contribution is 2.34. The predicted octanol–water partition coefficient (Wildman–Crippen LogP) is 2.70. The van der Waals surface area contributed by atoms with E-state index in [0.717, 1.165) is 6.07 Å². The standard InChI is InChI=1S/C12H15F2NO2/c1-11(2,3)17-10(16)12(13,14)8-6-4-5-7-9(8)15/h4-7H,15H2,1-3H3. The Morgan fingerprint density at radius 1 is 1.24 bits per heavy atom. The van der Waals surface area contributed by atoms with E-state index in [0.29, 0.717) is 0 Å². The number of anilines is 1. The number of benzene rings is 1. The number of esters is 1. The van der Waals surface area contributed by atoms with Gasteiger partial charge >= 0.3 is 11.9 Å². The maximum absolute atomic E-state index is 13.8. The Kier molecular flexibility index (Phi) is 3.40. The van der Waals surface area contributed by atoms with E-state index in [-0.39, 0.29) is 5.69 Å². The fraction of sp³-hybridized carbons (Fsp3) is 0.417. The molecule has 17 heavy (non-hydrogen) atoms. The monoisotopic (exact) mass is 243 g/mol. The molecule has 0 aliphatic rings. The van der Waals surface area contributed by atoms with E-state index in [1.807, 2.05) is 0 Å². The minimum absolute atomic E-state index is 0.136. The van der Waals surface area contributed by atoms with E-state index < -0.39 is 23.1 Å². The van der Waals surface area contributed by atoms with Crippen LogP contribution in [-0.2, 0) is 15.5 Å². The van der Waals surface area contributed by atoms with Crippen molar-refractivity contribution < 1.29 is 18.3 Å². The van der Waals surface area contributed by atoms with Crippen LogP contribution in [-0.4, -0.2) is 11.6 Å². The molecule has 5 heteroatoms. The van der Waals surface area contributed by atoms with Gasteiger partial charge in [0.25, 0.3) is 0 Å². The van der Waals surface area contributed by atoms with Crippen molar-refractivity contribution in [1.29, 1.82) is 0 Å². The van der Waals surface area contributed by atoms with Gasteiger partial charge in [0.2, 0.25) is 0 Å². The van der Waals surface area contributed by atoms with Gasteiger partial charge in [-0.2, -0.15) is 8.78 Å². The largest absolute Gasteiger partial charge is 0.455 e. The normalized spacial score (nSPS) is 12.3. The van der Waals surface area contributed by atoms with Crippen LogP contribution < -0.4 is 5.73 Å². The zero-order valence-corrected chi connectivity index (χ0v) is 9.96. The fourth-order valence-electron chi connectivity index (χ4n) is 1.24. The van der Waals surface area contributed by atoms with Gasteiger partial charge in [-0.25, -0.2) is 4.79 Å². The van der Waals surface area contributed by atoms with Gasteiger partial charge in [0.1, 0.15) is 5.60 Å². The lowest BCUT2D eigenvalue weighted by molar-refractivity contribution is -0.185. The molecule has 3 nitrogen and oxygen atoms in total. The van der Waals surface area contributed by atoms with Gasteiger partial charge in [-0.05, 0) is 26.8 Å². The van der Waals surface area contributed by atoms with E-state index in [1.54, 1.807) is 0 Å². The molecule has 0 fully saturated rings. The number of carbonyl (C=O) groups is 1. The number of nitrogens with two attached hydrogens (primary N) is 1. The van der Waals surface area contributed by atoms with E-state index in [2.05, 4.69) is 4.74 Å². The highest BCUT2D eigenvalue weighted by atomic mass is 19.3. The van der Waals surface area contributed by atoms with Crippen molar-refractivity contribution in [2.45, 2.75) is 32.3 Å². The molecular formula is C12H15F2NO2. The van der Waals surface area contributed by atoms with Crippen LogP contribution in [0.1, 0.15) is 26.3 Å². The molecular weight excluding hydrogens is 228 g/mol. The molecule has 0 aliphatic carbocycles. The van der Waals surface area contributed by atoms with E-state index in [1.165, 1.54) is 39.0 Å². The molecule has 0 unspecified atom stereocenters. The summed E-state index contributed by atoms with van der Waals surface area (Å²) in [6.07, 6.45) is 0. The third-order valence-electron chi connectivity index (χ3n) is 1.95. The summed E-state index contributed by atoms with van der Waals surface area (Å²) in [5, 5.41) is 0. The van der Waals surface area contributed by atoms with E-state index in [9.17, 15) is 13.6 Å². The Bertz CT molecular complexity index is 425. The average molecular weight is 243 g/mol. The average Bonchev–Trinajstić information content (AvgIpc) is 2.15. The molecule has 0 amide bonds. The van der Waals surface area contributed by atoms with Gasteiger partial charge in [-0.3, -0.25) is 0 Å². The molecule has 1 aromatic rings. The zero-order chi connectivity index (χ0) is 13.3. The second-order valence-corrected chi connectivity index (χ2v) is 4.66. The van der Waals surface area contributed by atoms with Crippen molar-refractivity contribution in [3.8, 4) is 0 Å². The van der Waals surface area contributed by atoms with Crippen LogP contribution >= 0.6 is 0 Å². The molecule has 2 N–H and O–H groups in total. The first kappa shape index (κ1) is 13.4. The maximum atomic E-state index is 13.8. The molecule has 0 saturated carbocycles. The molecule has 0 radical (unpaired) electrons. The van der Waals surface area contributed by atoms with Crippen LogP contribution in [0.4, 0.5) is 14.5 Å². The molecule has 0 aromatic heterocycles. The number of carbonyl (C=O) groups excluding carboxylic acids is 1. The van der Waals surface area contributed by atoms with Crippen LogP contribution in [0.3, 0.4) is 0 Å². The lowest BCUT2D eigenvalue weighted by atomic mass is 10.1. The second-order valence-electron chi connectivity index (χ2n) is 4.66. The predicted molar refractivity (Wildman–Crippen MR) is 60.6 cm³/mol. The third kappa shape index (κ3) is 3.15. The summed E-state index contributed by atoms with van der Waals surface area (Å²) in [4.78, 5) is 11.4. The van der Waals surface area contributed by atoms with Gasteiger partial charge in [0, 0.05) is 5.69 Å². The van der Waals surface area contributed by atoms with E-state index >= 15 is 0 Å². The summed E-state index contributed by atoms with van der Waals surface area (Å²) >= 11 is 0. The topological polar surface area (TPSA) is 52.3 Å². The molecule has 0 aliphatic heterocycles. The second kappa shape index (κ2) is 4.31. The molecule has 0 bridgehead atoms. The van der Waals surface area contributed by atoms with Crippen LogP contribution in [0.25, 0.3) is 0 Å². The smallest absolute Gasteiger partial charge is 0.382 e. The Morgan fingerprint density at radius 2 is 1.76 bits per heavy atom. The van der Waals surface area contributed by atoms with Crippen molar-refractivity contribution in [2.75, 3.05) is 5.73 Å². The Morgan fingerprint density at radius 3 is 2.24 bits per heavy atom. The van der Waals surface area contributed by atoms with Crippen LogP contribution in [0.5, 0.6) is 0 Å². The van der Waals surface area contributed by atoms with Crippen molar-refractivity contribution in [3.05, 3.63) is 29.8 Å². The Labute approximate surface area is 98.6 Å². The minimum atomic E-state index is -3.74. The molecule has 1 rings (SSSR count). The molecule has 0 saturated heterocycles. The number of hydrogen-bond donors (Lipinski definition) is 1. The maximum Gasteiger partial charge on any atom is 0.382 e. The summed E-state index contributed by atoms with van der Waals surface area (Å²) in [6, 6.07) is 5.33. The van der Waals surface area contributed by atoms with Gasteiger partial charge < -0.3 is 10.5 Å². The molecule has 0 heterocycles. The first-order valence-corrected chi connectivity index (χ1v) is 5.11. The van der Waals surface area contributed by atoms with Crippen LogP contribution in [0.15, 0.2) is 24.3 Å². The number of nitrogen functional groups attached to an aromatic ring is 1. The van der Waals surface area contributed by atoms with Crippen LogP contribution in [0, 0.1) is 0 Å². The Balaban J connectivity index is 3.03. The highest BCUT2D eigenvalue weighted by Gasteiger charge is 2.45. The number of halogens is 2. The van der Waals surface area contributed by atoms with E-state index in [4.69, 9.17) is 5.73 Å². The summed E-state index contributed by atoms with van der Waals surface area (Å²) in [7, 11) is 0. The van der Waals surface area contributed by atoms with Crippen LogP contribution in [0.2, 0.25) is 0 Å². The van der Waals surface area contributed by atoms with Gasteiger partial charge in [-0.1, -0.05) is 18.2 Å². The van der Waals surface area contributed by atoms with Crippen molar-refractivity contribution in [2.24, 2.45) is 0 Å².